The van der Waals surface area contributed by atoms with Crippen molar-refractivity contribution in [1.29, 1.82) is 0 Å². The van der Waals surface area contributed by atoms with E-state index in [1.54, 1.807) is 44.6 Å². The molecule has 4 heteroatoms. The van der Waals surface area contributed by atoms with Gasteiger partial charge in [-0.1, -0.05) is 25.1 Å². The Morgan fingerprint density at radius 3 is 2.33 bits per heavy atom. The molecule has 0 bridgehead atoms. The molecule has 0 amide bonds. The van der Waals surface area contributed by atoms with E-state index in [1.807, 2.05) is 13.0 Å². The van der Waals surface area contributed by atoms with Crippen molar-refractivity contribution in [1.82, 2.24) is 0 Å². The number of nitrogens with two attached hydrogens (primary N) is 1. The number of halogens is 1. The summed E-state index contributed by atoms with van der Waals surface area (Å²) in [6.45, 7) is 1.93. The topological polar surface area (TPSA) is 44.5 Å². The zero-order chi connectivity index (χ0) is 15.5. The summed E-state index contributed by atoms with van der Waals surface area (Å²) in [5, 5.41) is 0. The Balaban J connectivity index is 2.63. The van der Waals surface area contributed by atoms with E-state index in [-0.39, 0.29) is 5.82 Å². The first-order valence-corrected chi connectivity index (χ1v) is 6.83. The Kier molecular flexibility index (Phi) is 4.48. The van der Waals surface area contributed by atoms with Gasteiger partial charge in [0.15, 0.2) is 0 Å². The van der Waals surface area contributed by atoms with Crippen LogP contribution in [0, 0.1) is 5.82 Å². The molecule has 21 heavy (non-hydrogen) atoms. The van der Waals surface area contributed by atoms with Crippen molar-refractivity contribution >= 4 is 0 Å². The molecule has 2 aromatic rings. The van der Waals surface area contributed by atoms with Gasteiger partial charge in [0.1, 0.15) is 17.3 Å². The van der Waals surface area contributed by atoms with Gasteiger partial charge in [0, 0.05) is 17.2 Å². The van der Waals surface area contributed by atoms with Gasteiger partial charge in [-0.3, -0.25) is 0 Å². The van der Waals surface area contributed by atoms with Crippen LogP contribution in [0.1, 0.15) is 24.5 Å². The second kappa shape index (κ2) is 6.14. The van der Waals surface area contributed by atoms with Gasteiger partial charge in [0.2, 0.25) is 0 Å². The number of hydrogen-bond acceptors (Lipinski definition) is 3. The Morgan fingerprint density at radius 1 is 1.05 bits per heavy atom. The summed E-state index contributed by atoms with van der Waals surface area (Å²) in [6, 6.07) is 12.0. The standard InChI is InChI=1S/C17H20FNO2/c1-4-17(19,13-7-5-6-8-15(13)18)14-10-9-12(20-2)11-16(14)21-3/h5-11H,4,19H2,1-3H3. The fraction of sp³-hybridized carbons (Fsp3) is 0.294. The Bertz CT molecular complexity index is 630. The fourth-order valence-electron chi connectivity index (χ4n) is 2.52. The maximum Gasteiger partial charge on any atom is 0.128 e. The monoisotopic (exact) mass is 289 g/mol. The van der Waals surface area contributed by atoms with Crippen LogP contribution in [0.5, 0.6) is 11.5 Å². The van der Waals surface area contributed by atoms with Crippen molar-refractivity contribution in [2.24, 2.45) is 5.73 Å². The molecule has 2 aromatic carbocycles. The van der Waals surface area contributed by atoms with E-state index in [9.17, 15) is 4.39 Å². The van der Waals surface area contributed by atoms with Crippen molar-refractivity contribution < 1.29 is 13.9 Å². The van der Waals surface area contributed by atoms with Crippen LogP contribution in [0.4, 0.5) is 4.39 Å². The summed E-state index contributed by atoms with van der Waals surface area (Å²) in [4.78, 5) is 0. The molecule has 0 saturated heterocycles. The van der Waals surface area contributed by atoms with Crippen molar-refractivity contribution in [3.8, 4) is 11.5 Å². The molecule has 0 radical (unpaired) electrons. The molecule has 1 atom stereocenters. The molecule has 1 unspecified atom stereocenters. The molecule has 0 heterocycles. The average molecular weight is 289 g/mol. The summed E-state index contributed by atoms with van der Waals surface area (Å²) in [5.74, 6) is 0.935. The van der Waals surface area contributed by atoms with E-state index >= 15 is 0 Å². The zero-order valence-electron chi connectivity index (χ0n) is 12.5. The fourth-order valence-corrected chi connectivity index (χ4v) is 2.52. The van der Waals surface area contributed by atoms with Gasteiger partial charge >= 0.3 is 0 Å². The summed E-state index contributed by atoms with van der Waals surface area (Å²) >= 11 is 0. The largest absolute Gasteiger partial charge is 0.497 e. The van der Waals surface area contributed by atoms with Gasteiger partial charge in [-0.2, -0.15) is 0 Å². The van der Waals surface area contributed by atoms with Gasteiger partial charge in [-0.15, -0.1) is 0 Å². The van der Waals surface area contributed by atoms with Crippen LogP contribution in [-0.2, 0) is 5.54 Å². The highest BCUT2D eigenvalue weighted by Crippen LogP contribution is 2.38. The molecule has 2 N–H and O–H groups in total. The number of hydrogen-bond donors (Lipinski definition) is 1. The molecule has 2 rings (SSSR count). The molecule has 0 aliphatic heterocycles. The van der Waals surface area contributed by atoms with E-state index in [1.165, 1.54) is 6.07 Å². The molecule has 0 spiro atoms. The van der Waals surface area contributed by atoms with Crippen LogP contribution < -0.4 is 15.2 Å². The summed E-state index contributed by atoms with van der Waals surface area (Å²) in [5.41, 5.74) is 6.78. The minimum atomic E-state index is -0.955. The Morgan fingerprint density at radius 2 is 1.76 bits per heavy atom. The van der Waals surface area contributed by atoms with Crippen LogP contribution in [0.2, 0.25) is 0 Å². The maximum atomic E-state index is 14.2. The first-order chi connectivity index (χ1) is 10.1. The van der Waals surface area contributed by atoms with Gasteiger partial charge in [0.05, 0.1) is 19.8 Å². The van der Waals surface area contributed by atoms with Gasteiger partial charge in [-0.05, 0) is 24.6 Å². The molecular weight excluding hydrogens is 269 g/mol. The number of benzene rings is 2. The minimum absolute atomic E-state index is 0.320. The predicted molar refractivity (Wildman–Crippen MR) is 81.2 cm³/mol. The molecule has 0 aromatic heterocycles. The Hall–Kier alpha value is -2.07. The highest BCUT2D eigenvalue weighted by molar-refractivity contribution is 5.49. The molecule has 0 saturated carbocycles. The molecule has 0 aliphatic rings. The van der Waals surface area contributed by atoms with Crippen LogP contribution in [0.15, 0.2) is 42.5 Å². The second-order valence-electron chi connectivity index (χ2n) is 4.87. The summed E-state index contributed by atoms with van der Waals surface area (Å²) in [6.07, 6.45) is 0.538. The first kappa shape index (κ1) is 15.3. The van der Waals surface area contributed by atoms with Crippen molar-refractivity contribution in [2.75, 3.05) is 14.2 Å². The van der Waals surface area contributed by atoms with Crippen LogP contribution in [0.25, 0.3) is 0 Å². The van der Waals surface area contributed by atoms with Crippen molar-refractivity contribution in [3.63, 3.8) is 0 Å². The van der Waals surface area contributed by atoms with E-state index in [0.717, 1.165) is 5.56 Å². The lowest BCUT2D eigenvalue weighted by Crippen LogP contribution is -2.38. The van der Waals surface area contributed by atoms with E-state index in [4.69, 9.17) is 15.2 Å². The SMILES string of the molecule is CCC(N)(c1ccccc1F)c1ccc(OC)cc1OC. The third-order valence-electron chi connectivity index (χ3n) is 3.80. The van der Waals surface area contributed by atoms with Gasteiger partial charge in [0.25, 0.3) is 0 Å². The Labute approximate surface area is 124 Å². The molecule has 0 fully saturated rings. The lowest BCUT2D eigenvalue weighted by molar-refractivity contribution is 0.376. The third-order valence-corrected chi connectivity index (χ3v) is 3.80. The van der Waals surface area contributed by atoms with Gasteiger partial charge < -0.3 is 15.2 Å². The lowest BCUT2D eigenvalue weighted by Gasteiger charge is -2.31. The molecule has 112 valence electrons. The van der Waals surface area contributed by atoms with E-state index in [2.05, 4.69) is 0 Å². The maximum absolute atomic E-state index is 14.2. The average Bonchev–Trinajstić information content (AvgIpc) is 2.54. The highest BCUT2D eigenvalue weighted by atomic mass is 19.1. The first-order valence-electron chi connectivity index (χ1n) is 6.83. The van der Waals surface area contributed by atoms with Gasteiger partial charge in [-0.25, -0.2) is 4.39 Å². The predicted octanol–water partition coefficient (Wildman–Crippen LogP) is 3.46. The molecular formula is C17H20FNO2. The minimum Gasteiger partial charge on any atom is -0.497 e. The normalized spacial score (nSPS) is 13.6. The number of rotatable bonds is 5. The number of ether oxygens (including phenoxy) is 2. The van der Waals surface area contributed by atoms with Crippen LogP contribution >= 0.6 is 0 Å². The van der Waals surface area contributed by atoms with E-state index < -0.39 is 5.54 Å². The number of methoxy groups -OCH3 is 2. The smallest absolute Gasteiger partial charge is 0.128 e. The lowest BCUT2D eigenvalue weighted by atomic mass is 9.80. The summed E-state index contributed by atoms with van der Waals surface area (Å²) < 4.78 is 24.8. The summed E-state index contributed by atoms with van der Waals surface area (Å²) in [7, 11) is 3.15. The van der Waals surface area contributed by atoms with Crippen LogP contribution in [-0.4, -0.2) is 14.2 Å². The van der Waals surface area contributed by atoms with Crippen molar-refractivity contribution in [2.45, 2.75) is 18.9 Å². The second-order valence-corrected chi connectivity index (χ2v) is 4.87. The van der Waals surface area contributed by atoms with Crippen molar-refractivity contribution in [3.05, 3.63) is 59.4 Å². The molecule has 0 aliphatic carbocycles. The third kappa shape index (κ3) is 2.72. The van der Waals surface area contributed by atoms with Crippen LogP contribution in [0.3, 0.4) is 0 Å². The van der Waals surface area contributed by atoms with E-state index in [0.29, 0.717) is 23.5 Å². The quantitative estimate of drug-likeness (QED) is 0.917. The zero-order valence-corrected chi connectivity index (χ0v) is 12.5. The highest BCUT2D eigenvalue weighted by Gasteiger charge is 2.33. The molecule has 3 nitrogen and oxygen atoms in total.